The second-order valence-corrected chi connectivity index (χ2v) is 11.5. The van der Waals surface area contributed by atoms with Gasteiger partial charge in [-0.2, -0.15) is 0 Å². The van der Waals surface area contributed by atoms with E-state index in [1.807, 2.05) is 36.4 Å². The summed E-state index contributed by atoms with van der Waals surface area (Å²) >= 11 is 0. The van der Waals surface area contributed by atoms with Gasteiger partial charge < -0.3 is 9.53 Å². The minimum Gasteiger partial charge on any atom is -0.481 e. The van der Waals surface area contributed by atoms with Crippen LogP contribution in [0.25, 0.3) is 0 Å². The standard InChI is InChI=1S/C24H32O3Si/c1-23(2,3)19-14-16-24(17-15-19,18-22(25)26)27-28(20-10-6-4-7-11-20)21-12-8-5-9-13-21/h4-13,19,28H,14-18H2,1-3H3,(H,25,26)/t19-,24+. The number of carbonyl (C=O) groups is 1. The van der Waals surface area contributed by atoms with E-state index in [4.69, 9.17) is 4.43 Å². The van der Waals surface area contributed by atoms with Gasteiger partial charge in [0.2, 0.25) is 9.04 Å². The number of carboxylic acid groups (broad SMARTS) is 1. The summed E-state index contributed by atoms with van der Waals surface area (Å²) in [7, 11) is -1.98. The molecule has 0 saturated heterocycles. The van der Waals surface area contributed by atoms with E-state index in [2.05, 4.69) is 45.0 Å². The summed E-state index contributed by atoms with van der Waals surface area (Å²) in [5.74, 6) is -0.144. The Morgan fingerprint density at radius 1 is 1.00 bits per heavy atom. The van der Waals surface area contributed by atoms with Crippen molar-refractivity contribution in [2.45, 2.75) is 58.5 Å². The van der Waals surface area contributed by atoms with Crippen molar-refractivity contribution in [1.29, 1.82) is 0 Å². The monoisotopic (exact) mass is 396 g/mol. The fourth-order valence-corrected chi connectivity index (χ4v) is 7.08. The Kier molecular flexibility index (Phi) is 6.41. The molecule has 0 aromatic heterocycles. The van der Waals surface area contributed by atoms with Crippen LogP contribution in [0.4, 0.5) is 0 Å². The van der Waals surface area contributed by atoms with Crippen molar-refractivity contribution in [1.82, 2.24) is 0 Å². The van der Waals surface area contributed by atoms with E-state index in [9.17, 15) is 9.90 Å². The Morgan fingerprint density at radius 3 is 1.86 bits per heavy atom. The lowest BCUT2D eigenvalue weighted by Crippen LogP contribution is -2.53. The van der Waals surface area contributed by atoms with Gasteiger partial charge in [-0.15, -0.1) is 0 Å². The molecule has 0 radical (unpaired) electrons. The third kappa shape index (κ3) is 5.12. The largest absolute Gasteiger partial charge is 0.481 e. The van der Waals surface area contributed by atoms with Crippen molar-refractivity contribution in [2.75, 3.05) is 0 Å². The number of hydrogen-bond acceptors (Lipinski definition) is 2. The highest BCUT2D eigenvalue weighted by molar-refractivity contribution is 6.80. The van der Waals surface area contributed by atoms with E-state index in [1.165, 1.54) is 10.4 Å². The molecule has 1 saturated carbocycles. The highest BCUT2D eigenvalue weighted by Crippen LogP contribution is 2.44. The van der Waals surface area contributed by atoms with Gasteiger partial charge in [0.05, 0.1) is 12.0 Å². The second-order valence-electron chi connectivity index (χ2n) is 9.21. The first-order valence-corrected chi connectivity index (χ1v) is 11.9. The van der Waals surface area contributed by atoms with Gasteiger partial charge in [0, 0.05) is 0 Å². The molecule has 28 heavy (non-hydrogen) atoms. The number of hydrogen-bond donors (Lipinski definition) is 1. The van der Waals surface area contributed by atoms with E-state index >= 15 is 0 Å². The number of carboxylic acids is 1. The predicted octanol–water partition coefficient (Wildman–Crippen LogP) is 3.99. The van der Waals surface area contributed by atoms with Crippen molar-refractivity contribution < 1.29 is 14.3 Å². The number of rotatable bonds is 6. The molecule has 150 valence electrons. The zero-order valence-corrected chi connectivity index (χ0v) is 18.4. The predicted molar refractivity (Wildman–Crippen MR) is 117 cm³/mol. The van der Waals surface area contributed by atoms with Gasteiger partial charge in [-0.05, 0) is 47.4 Å². The maximum Gasteiger partial charge on any atom is 0.306 e. The topological polar surface area (TPSA) is 46.5 Å². The van der Waals surface area contributed by atoms with Crippen LogP contribution >= 0.6 is 0 Å². The van der Waals surface area contributed by atoms with Crippen LogP contribution in [0, 0.1) is 11.3 Å². The first-order chi connectivity index (χ1) is 13.3. The molecule has 1 fully saturated rings. The molecule has 2 aromatic rings. The van der Waals surface area contributed by atoms with Gasteiger partial charge in [-0.3, -0.25) is 4.79 Å². The SMILES string of the molecule is CC(C)(C)[C@H]1CC[C@@](CC(=O)O)(O[SiH](c2ccccc2)c2ccccc2)CC1. The molecule has 2 aromatic carbocycles. The molecule has 3 nitrogen and oxygen atoms in total. The number of benzene rings is 2. The summed E-state index contributed by atoms with van der Waals surface area (Å²) in [6, 6.07) is 20.7. The fraction of sp³-hybridized carbons (Fsp3) is 0.458. The molecule has 0 atom stereocenters. The zero-order chi connectivity index (χ0) is 20.2. The molecule has 0 bridgehead atoms. The average Bonchev–Trinajstić information content (AvgIpc) is 2.67. The van der Waals surface area contributed by atoms with Crippen molar-refractivity contribution in [2.24, 2.45) is 11.3 Å². The van der Waals surface area contributed by atoms with E-state index in [0.717, 1.165) is 25.7 Å². The fourth-order valence-electron chi connectivity index (χ4n) is 4.46. The van der Waals surface area contributed by atoms with Crippen LogP contribution in [0.5, 0.6) is 0 Å². The van der Waals surface area contributed by atoms with E-state index in [-0.39, 0.29) is 11.8 Å². The van der Waals surface area contributed by atoms with E-state index in [0.29, 0.717) is 5.92 Å². The third-order valence-electron chi connectivity index (χ3n) is 6.17. The van der Waals surface area contributed by atoms with Crippen LogP contribution in [0.3, 0.4) is 0 Å². The zero-order valence-electron chi connectivity index (χ0n) is 17.2. The summed E-state index contributed by atoms with van der Waals surface area (Å²) < 4.78 is 6.88. The van der Waals surface area contributed by atoms with Crippen molar-refractivity contribution in [3.63, 3.8) is 0 Å². The highest BCUT2D eigenvalue weighted by atomic mass is 28.3. The molecule has 1 aliphatic carbocycles. The molecule has 3 rings (SSSR count). The molecule has 0 spiro atoms. The minimum atomic E-state index is -1.98. The van der Waals surface area contributed by atoms with Gasteiger partial charge in [-0.25, -0.2) is 0 Å². The van der Waals surface area contributed by atoms with Gasteiger partial charge in [0.1, 0.15) is 0 Å². The summed E-state index contributed by atoms with van der Waals surface area (Å²) in [6.45, 7) is 6.86. The van der Waals surface area contributed by atoms with Crippen molar-refractivity contribution in [3.05, 3.63) is 60.7 Å². The Morgan fingerprint density at radius 2 is 1.46 bits per heavy atom. The smallest absolute Gasteiger partial charge is 0.306 e. The molecule has 0 amide bonds. The van der Waals surface area contributed by atoms with Crippen LogP contribution in [0.1, 0.15) is 52.9 Å². The summed E-state index contributed by atoms with van der Waals surface area (Å²) in [5, 5.41) is 12.1. The normalized spacial score (nSPS) is 22.9. The van der Waals surface area contributed by atoms with Crippen LogP contribution in [0.15, 0.2) is 60.7 Å². The maximum atomic E-state index is 11.7. The molecule has 4 heteroatoms. The average molecular weight is 397 g/mol. The third-order valence-corrected chi connectivity index (χ3v) is 8.88. The molecule has 0 heterocycles. The van der Waals surface area contributed by atoms with Crippen LogP contribution in [0.2, 0.25) is 0 Å². The van der Waals surface area contributed by atoms with Crippen LogP contribution < -0.4 is 10.4 Å². The Hall–Kier alpha value is -1.91. The highest BCUT2D eigenvalue weighted by Gasteiger charge is 2.43. The van der Waals surface area contributed by atoms with Gasteiger partial charge in [0.15, 0.2) is 0 Å². The van der Waals surface area contributed by atoms with Crippen molar-refractivity contribution >= 4 is 25.4 Å². The quantitative estimate of drug-likeness (QED) is 0.751. The summed E-state index contributed by atoms with van der Waals surface area (Å²) in [6.07, 6.45) is 3.80. The second kappa shape index (κ2) is 8.62. The minimum absolute atomic E-state index is 0.0903. The van der Waals surface area contributed by atoms with Gasteiger partial charge in [0.25, 0.3) is 0 Å². The maximum absolute atomic E-state index is 11.7. The lowest BCUT2D eigenvalue weighted by molar-refractivity contribution is -0.143. The lowest BCUT2D eigenvalue weighted by atomic mass is 9.68. The van der Waals surface area contributed by atoms with Gasteiger partial charge >= 0.3 is 5.97 Å². The Labute approximate surface area is 170 Å². The number of aliphatic carboxylic acids is 1. The molecule has 0 aliphatic heterocycles. The Bertz CT molecular complexity index is 720. The van der Waals surface area contributed by atoms with Crippen LogP contribution in [-0.2, 0) is 9.22 Å². The van der Waals surface area contributed by atoms with Gasteiger partial charge in [-0.1, -0.05) is 81.4 Å². The first kappa shape index (κ1) is 20.8. The molecule has 1 N–H and O–H groups in total. The summed E-state index contributed by atoms with van der Waals surface area (Å²) in [4.78, 5) is 11.7. The summed E-state index contributed by atoms with van der Waals surface area (Å²) in [5.41, 5.74) is -0.304. The first-order valence-electron chi connectivity index (χ1n) is 10.3. The molecular formula is C24H32O3Si. The van der Waals surface area contributed by atoms with Crippen molar-refractivity contribution in [3.8, 4) is 0 Å². The molecular weight excluding hydrogens is 364 g/mol. The lowest BCUT2D eigenvalue weighted by Gasteiger charge is -2.45. The van der Waals surface area contributed by atoms with E-state index in [1.54, 1.807) is 0 Å². The molecule has 1 aliphatic rings. The van der Waals surface area contributed by atoms with E-state index < -0.39 is 20.6 Å². The molecule has 0 unspecified atom stereocenters. The Balaban J connectivity index is 1.90. The van der Waals surface area contributed by atoms with Crippen LogP contribution in [-0.4, -0.2) is 25.7 Å².